The van der Waals surface area contributed by atoms with Gasteiger partial charge in [-0.3, -0.25) is 9.69 Å². The monoisotopic (exact) mass is 559 g/mol. The Morgan fingerprint density at radius 1 is 0.683 bits per heavy atom. The Balaban J connectivity index is 0.000000585. The Morgan fingerprint density at radius 3 is 1.80 bits per heavy atom. The second-order valence-electron chi connectivity index (χ2n) is 10.2. The summed E-state index contributed by atoms with van der Waals surface area (Å²) in [7, 11) is 0. The zero-order chi connectivity index (χ0) is 29.0. The third kappa shape index (κ3) is 9.08. The van der Waals surface area contributed by atoms with Crippen LogP contribution in [0.1, 0.15) is 24.0 Å². The molecule has 2 aliphatic rings. The summed E-state index contributed by atoms with van der Waals surface area (Å²) in [5.41, 5.74) is 3.72. The van der Waals surface area contributed by atoms with E-state index >= 15 is 0 Å². The fourth-order valence-electron chi connectivity index (χ4n) is 5.11. The highest BCUT2D eigenvalue weighted by molar-refractivity contribution is 6.27. The highest BCUT2D eigenvalue weighted by atomic mass is 16.5. The Bertz CT molecular complexity index is 1240. The average Bonchev–Trinajstić information content (AvgIpc) is 3.02. The summed E-state index contributed by atoms with van der Waals surface area (Å²) in [6.45, 7) is 6.95. The molecule has 41 heavy (non-hydrogen) atoms. The molecule has 3 aromatic carbocycles. The average molecular weight is 560 g/mol. The maximum Gasteiger partial charge on any atom is 0.414 e. The maximum absolute atomic E-state index is 13.1. The number of hydrogen-bond acceptors (Lipinski definition) is 6. The first kappa shape index (κ1) is 29.6. The molecule has 0 unspecified atom stereocenters. The number of nitrogens with zero attached hydrogens (tertiary/aromatic N) is 3. The second-order valence-corrected chi connectivity index (χ2v) is 10.2. The van der Waals surface area contributed by atoms with Crippen LogP contribution in [0.15, 0.2) is 84.9 Å². The number of carboxylic acid groups (broad SMARTS) is 2. The molecular formula is C32H37N3O6. The van der Waals surface area contributed by atoms with Crippen LogP contribution in [0.25, 0.3) is 0 Å². The van der Waals surface area contributed by atoms with Gasteiger partial charge in [-0.1, -0.05) is 60.7 Å². The number of rotatable bonds is 7. The van der Waals surface area contributed by atoms with E-state index in [9.17, 15) is 4.79 Å². The first-order valence-electron chi connectivity index (χ1n) is 13.9. The van der Waals surface area contributed by atoms with Crippen LogP contribution in [0, 0.1) is 5.92 Å². The van der Waals surface area contributed by atoms with Gasteiger partial charge in [0.2, 0.25) is 5.91 Å². The second kappa shape index (κ2) is 14.9. The zero-order valence-electron chi connectivity index (χ0n) is 23.1. The fraction of sp³-hybridized carbons (Fsp3) is 0.344. The number of amides is 1. The summed E-state index contributed by atoms with van der Waals surface area (Å²) in [4.78, 5) is 38.3. The molecule has 1 amide bonds. The van der Waals surface area contributed by atoms with E-state index in [1.807, 2.05) is 24.3 Å². The number of carbonyl (C=O) groups excluding carboxylic acids is 1. The third-order valence-electron chi connectivity index (χ3n) is 7.41. The van der Waals surface area contributed by atoms with Crippen LogP contribution in [-0.2, 0) is 27.5 Å². The van der Waals surface area contributed by atoms with E-state index in [1.54, 1.807) is 0 Å². The number of likely N-dealkylation sites (tertiary alicyclic amines) is 1. The zero-order valence-corrected chi connectivity index (χ0v) is 23.1. The number of aliphatic carboxylic acids is 2. The molecule has 2 aliphatic heterocycles. The van der Waals surface area contributed by atoms with E-state index in [2.05, 4.69) is 75.4 Å². The number of hydrogen-bond donors (Lipinski definition) is 2. The van der Waals surface area contributed by atoms with Gasteiger partial charge in [0.1, 0.15) is 12.4 Å². The molecule has 0 spiro atoms. The molecule has 2 N–H and O–H groups in total. The van der Waals surface area contributed by atoms with Gasteiger partial charge < -0.3 is 24.7 Å². The van der Waals surface area contributed by atoms with Crippen molar-refractivity contribution in [3.8, 4) is 5.75 Å². The van der Waals surface area contributed by atoms with E-state index in [4.69, 9.17) is 24.5 Å². The van der Waals surface area contributed by atoms with Crippen LogP contribution in [0.3, 0.4) is 0 Å². The van der Waals surface area contributed by atoms with E-state index in [0.717, 1.165) is 64.4 Å². The van der Waals surface area contributed by atoms with E-state index in [-0.39, 0.29) is 5.92 Å². The summed E-state index contributed by atoms with van der Waals surface area (Å²) in [5.74, 6) is -2.22. The van der Waals surface area contributed by atoms with Crippen molar-refractivity contribution in [1.29, 1.82) is 0 Å². The number of piperazine rings is 1. The van der Waals surface area contributed by atoms with Crippen molar-refractivity contribution in [3.05, 3.63) is 96.1 Å². The first-order chi connectivity index (χ1) is 19.9. The highest BCUT2D eigenvalue weighted by Gasteiger charge is 2.30. The normalized spacial score (nSPS) is 15.9. The lowest BCUT2D eigenvalue weighted by molar-refractivity contribution is -0.159. The summed E-state index contributed by atoms with van der Waals surface area (Å²) >= 11 is 0. The van der Waals surface area contributed by atoms with E-state index in [0.29, 0.717) is 12.5 Å². The SMILES string of the molecule is O=C(C1CCN(Cc2ccc(OCc3ccccc3)cc2)CC1)N1CCN(c2ccccc2)CC1.O=C(O)C(=O)O. The fourth-order valence-corrected chi connectivity index (χ4v) is 5.11. The van der Waals surface area contributed by atoms with Crippen molar-refractivity contribution in [2.24, 2.45) is 5.92 Å². The Hall–Kier alpha value is -4.37. The summed E-state index contributed by atoms with van der Waals surface area (Å²) < 4.78 is 5.91. The molecule has 0 radical (unpaired) electrons. The number of carbonyl (C=O) groups is 3. The molecular weight excluding hydrogens is 522 g/mol. The molecule has 2 fully saturated rings. The van der Waals surface area contributed by atoms with Gasteiger partial charge >= 0.3 is 11.9 Å². The number of ether oxygens (including phenoxy) is 1. The minimum absolute atomic E-state index is 0.170. The Morgan fingerprint density at radius 2 is 1.24 bits per heavy atom. The van der Waals surface area contributed by atoms with Gasteiger partial charge in [-0.15, -0.1) is 0 Å². The van der Waals surface area contributed by atoms with Gasteiger partial charge in [-0.05, 0) is 61.3 Å². The molecule has 216 valence electrons. The number of para-hydroxylation sites is 1. The minimum Gasteiger partial charge on any atom is -0.489 e. The predicted molar refractivity (Wildman–Crippen MR) is 156 cm³/mol. The van der Waals surface area contributed by atoms with Crippen LogP contribution in [0.2, 0.25) is 0 Å². The molecule has 3 aromatic rings. The van der Waals surface area contributed by atoms with Gasteiger partial charge in [-0.2, -0.15) is 0 Å². The predicted octanol–water partition coefficient (Wildman–Crippen LogP) is 3.98. The van der Waals surface area contributed by atoms with Crippen molar-refractivity contribution >= 4 is 23.5 Å². The molecule has 9 heteroatoms. The largest absolute Gasteiger partial charge is 0.489 e. The molecule has 2 heterocycles. The lowest BCUT2D eigenvalue weighted by Crippen LogP contribution is -2.51. The van der Waals surface area contributed by atoms with Crippen LogP contribution in [-0.4, -0.2) is 77.1 Å². The molecule has 0 atom stereocenters. The molecule has 0 aromatic heterocycles. The summed E-state index contributed by atoms with van der Waals surface area (Å²) in [6, 6.07) is 29.2. The van der Waals surface area contributed by atoms with Gasteiger partial charge in [0, 0.05) is 44.3 Å². The standard InChI is InChI=1S/C30H35N3O2.C2H2O4/c34-30(33-21-19-32(20-22-33)28-9-5-2-6-10-28)27-15-17-31(18-16-27)23-25-11-13-29(14-12-25)35-24-26-7-3-1-4-8-26;3-1(4)2(5)6/h1-14,27H,15-24H2;(H,3,4)(H,5,6). The van der Waals surface area contributed by atoms with Gasteiger partial charge in [0.05, 0.1) is 0 Å². The molecule has 0 bridgehead atoms. The topological polar surface area (TPSA) is 111 Å². The Labute approximate surface area is 240 Å². The number of benzene rings is 3. The molecule has 0 saturated carbocycles. The van der Waals surface area contributed by atoms with Gasteiger partial charge in [-0.25, -0.2) is 9.59 Å². The van der Waals surface area contributed by atoms with Crippen molar-refractivity contribution in [1.82, 2.24) is 9.80 Å². The minimum atomic E-state index is -1.82. The van der Waals surface area contributed by atoms with Crippen LogP contribution < -0.4 is 9.64 Å². The quantitative estimate of drug-likeness (QED) is 0.419. The Kier molecular flexibility index (Phi) is 10.7. The van der Waals surface area contributed by atoms with Gasteiger partial charge in [0.15, 0.2) is 0 Å². The maximum atomic E-state index is 13.1. The third-order valence-corrected chi connectivity index (χ3v) is 7.41. The van der Waals surface area contributed by atoms with Crippen LogP contribution >= 0.6 is 0 Å². The number of carboxylic acids is 2. The number of piperidine rings is 1. The molecule has 0 aliphatic carbocycles. The van der Waals surface area contributed by atoms with E-state index < -0.39 is 11.9 Å². The smallest absolute Gasteiger partial charge is 0.414 e. The van der Waals surface area contributed by atoms with Crippen LogP contribution in [0.5, 0.6) is 5.75 Å². The van der Waals surface area contributed by atoms with Crippen molar-refractivity contribution in [2.75, 3.05) is 44.2 Å². The lowest BCUT2D eigenvalue weighted by atomic mass is 9.94. The summed E-state index contributed by atoms with van der Waals surface area (Å²) in [5, 5.41) is 14.8. The van der Waals surface area contributed by atoms with Crippen molar-refractivity contribution in [3.63, 3.8) is 0 Å². The number of anilines is 1. The van der Waals surface area contributed by atoms with E-state index in [1.165, 1.54) is 16.8 Å². The molecule has 9 nitrogen and oxygen atoms in total. The molecule has 2 saturated heterocycles. The van der Waals surface area contributed by atoms with Crippen molar-refractivity contribution < 1.29 is 29.3 Å². The lowest BCUT2D eigenvalue weighted by Gasteiger charge is -2.39. The molecule has 5 rings (SSSR count). The van der Waals surface area contributed by atoms with Gasteiger partial charge in [0.25, 0.3) is 0 Å². The highest BCUT2D eigenvalue weighted by Crippen LogP contribution is 2.24. The first-order valence-corrected chi connectivity index (χ1v) is 13.9. The van der Waals surface area contributed by atoms with Crippen LogP contribution in [0.4, 0.5) is 5.69 Å². The summed E-state index contributed by atoms with van der Waals surface area (Å²) in [6.07, 6.45) is 1.91. The van der Waals surface area contributed by atoms with Crippen molar-refractivity contribution in [2.45, 2.75) is 26.0 Å².